The monoisotopic (exact) mass is 220 g/mol. The number of rotatable bonds is 1. The predicted octanol–water partition coefficient (Wildman–Crippen LogP) is 3.49. The predicted molar refractivity (Wildman–Crippen MR) is 66.5 cm³/mol. The van der Waals surface area contributed by atoms with Crippen LogP contribution in [0.5, 0.6) is 0 Å². The average molecular weight is 220 g/mol. The summed E-state index contributed by atoms with van der Waals surface area (Å²) in [6, 6.07) is 0. The molecule has 0 amide bonds. The lowest BCUT2D eigenvalue weighted by Crippen LogP contribution is -2.35. The molecule has 0 N–H and O–H groups in total. The summed E-state index contributed by atoms with van der Waals surface area (Å²) in [6.45, 7) is 10.8. The van der Waals surface area contributed by atoms with Crippen LogP contribution in [-0.2, 0) is 4.79 Å². The van der Waals surface area contributed by atoms with Crippen molar-refractivity contribution in [3.05, 3.63) is 22.9 Å². The van der Waals surface area contributed by atoms with Crippen LogP contribution in [0.25, 0.3) is 0 Å². The Morgan fingerprint density at radius 2 is 2.00 bits per heavy atom. The fourth-order valence-corrected chi connectivity index (χ4v) is 5.16. The van der Waals surface area contributed by atoms with Crippen LogP contribution in [0, 0.1) is 5.92 Å². The zero-order chi connectivity index (χ0) is 11.2. The molecule has 0 saturated heterocycles. The summed E-state index contributed by atoms with van der Waals surface area (Å²) in [5.41, 5.74) is 2.37. The van der Waals surface area contributed by atoms with Gasteiger partial charge in [-0.2, -0.15) is 0 Å². The first-order valence-corrected chi connectivity index (χ1v) is 9.37. The molecule has 0 aromatic heterocycles. The molecule has 2 rings (SSSR count). The fourth-order valence-electron chi connectivity index (χ4n) is 3.01. The third-order valence-electron chi connectivity index (χ3n) is 3.60. The molecule has 0 radical (unpaired) electrons. The lowest BCUT2D eigenvalue weighted by molar-refractivity contribution is -0.112. The lowest BCUT2D eigenvalue weighted by Gasteiger charge is -2.30. The minimum absolute atomic E-state index is 0.294. The highest BCUT2D eigenvalue weighted by atomic mass is 28.3. The van der Waals surface area contributed by atoms with Gasteiger partial charge in [-0.25, -0.2) is 0 Å². The van der Waals surface area contributed by atoms with Gasteiger partial charge in [0, 0.05) is 0 Å². The summed E-state index contributed by atoms with van der Waals surface area (Å²) in [4.78, 5) is 12.2. The Kier molecular flexibility index (Phi) is 2.50. The molecule has 1 nitrogen and oxygen atoms in total. The maximum Gasteiger partial charge on any atom is 0.180 e. The number of carbonyl (C=O) groups excluding carboxylic acids is 1. The van der Waals surface area contributed by atoms with E-state index in [0.717, 1.165) is 12.0 Å². The van der Waals surface area contributed by atoms with Gasteiger partial charge in [0.05, 0.1) is 8.07 Å². The third kappa shape index (κ3) is 1.76. The highest BCUT2D eigenvalue weighted by Gasteiger charge is 2.38. The Hall–Kier alpha value is -0.633. The molecule has 0 spiro atoms. The molecule has 0 heterocycles. The van der Waals surface area contributed by atoms with Gasteiger partial charge in [-0.3, -0.25) is 4.79 Å². The summed E-state index contributed by atoms with van der Waals surface area (Å²) in [5.74, 6) is 0.958. The Morgan fingerprint density at radius 1 is 1.33 bits per heavy atom. The van der Waals surface area contributed by atoms with Gasteiger partial charge in [0.1, 0.15) is 0 Å². The highest BCUT2D eigenvalue weighted by Crippen LogP contribution is 2.44. The summed E-state index contributed by atoms with van der Waals surface area (Å²) >= 11 is 0. The minimum atomic E-state index is -1.48. The molecule has 15 heavy (non-hydrogen) atoms. The Morgan fingerprint density at radius 3 is 2.60 bits per heavy atom. The molecule has 0 aromatic carbocycles. The van der Waals surface area contributed by atoms with E-state index in [4.69, 9.17) is 0 Å². The number of hydrogen-bond acceptors (Lipinski definition) is 1. The summed E-state index contributed by atoms with van der Waals surface area (Å²) in [5, 5.41) is 1.21. The number of ketones is 1. The van der Waals surface area contributed by atoms with Crippen molar-refractivity contribution in [2.45, 2.75) is 45.3 Å². The van der Waals surface area contributed by atoms with Gasteiger partial charge in [-0.1, -0.05) is 31.8 Å². The molecule has 2 aliphatic carbocycles. The first kappa shape index (κ1) is 10.9. The molecule has 1 saturated carbocycles. The molecule has 0 aromatic rings. The number of hydrogen-bond donors (Lipinski definition) is 0. The van der Waals surface area contributed by atoms with Gasteiger partial charge < -0.3 is 0 Å². The smallest absolute Gasteiger partial charge is 0.180 e. The zero-order valence-electron chi connectivity index (χ0n) is 10.0. The fraction of sp³-hybridized carbons (Fsp3) is 0.615. The van der Waals surface area contributed by atoms with Crippen LogP contribution in [0.4, 0.5) is 0 Å². The SMILES string of the molecule is C=C1CC2CCCC2=C([Si](C)(C)C)C1=O. The number of allylic oxidation sites excluding steroid dienone is 3. The second-order valence-electron chi connectivity index (χ2n) is 5.88. The number of fused-ring (bicyclic) bond motifs is 1. The first-order valence-electron chi connectivity index (χ1n) is 5.87. The van der Waals surface area contributed by atoms with Crippen LogP contribution in [0.1, 0.15) is 25.7 Å². The van der Waals surface area contributed by atoms with Crippen LogP contribution >= 0.6 is 0 Å². The average Bonchev–Trinajstić information content (AvgIpc) is 2.50. The summed E-state index contributed by atoms with van der Waals surface area (Å²) in [6.07, 6.45) is 4.65. The van der Waals surface area contributed by atoms with Gasteiger partial charge in [-0.15, -0.1) is 0 Å². The highest BCUT2D eigenvalue weighted by molar-refractivity contribution is 6.88. The van der Waals surface area contributed by atoms with Crippen molar-refractivity contribution >= 4 is 13.9 Å². The van der Waals surface area contributed by atoms with Crippen molar-refractivity contribution in [3.8, 4) is 0 Å². The van der Waals surface area contributed by atoms with Crippen LogP contribution in [0.15, 0.2) is 22.9 Å². The van der Waals surface area contributed by atoms with Crippen molar-refractivity contribution in [2.24, 2.45) is 5.92 Å². The van der Waals surface area contributed by atoms with Crippen molar-refractivity contribution in [1.82, 2.24) is 0 Å². The molecule has 2 aliphatic rings. The zero-order valence-corrected chi connectivity index (χ0v) is 11.0. The van der Waals surface area contributed by atoms with Crippen molar-refractivity contribution in [2.75, 3.05) is 0 Å². The molecule has 0 aliphatic heterocycles. The first-order chi connectivity index (χ1) is 6.91. The Balaban J connectivity index is 2.53. The number of carbonyl (C=O) groups is 1. The van der Waals surface area contributed by atoms with Gasteiger partial charge in [-0.05, 0) is 42.4 Å². The quantitative estimate of drug-likeness (QED) is 0.488. The van der Waals surface area contributed by atoms with E-state index >= 15 is 0 Å². The number of Topliss-reactive ketones (excluding diaryl/α,β-unsaturated/α-hetero) is 1. The summed E-state index contributed by atoms with van der Waals surface area (Å²) in [7, 11) is -1.48. The van der Waals surface area contributed by atoms with E-state index in [1.54, 1.807) is 0 Å². The molecule has 1 fully saturated rings. The molecule has 1 atom stereocenters. The van der Waals surface area contributed by atoms with Crippen LogP contribution in [-0.4, -0.2) is 13.9 Å². The van der Waals surface area contributed by atoms with E-state index in [1.807, 2.05) is 0 Å². The normalized spacial score (nSPS) is 27.3. The second kappa shape index (κ2) is 3.44. The van der Waals surface area contributed by atoms with Crippen LogP contribution < -0.4 is 0 Å². The van der Waals surface area contributed by atoms with Gasteiger partial charge in [0.15, 0.2) is 5.78 Å². The Bertz CT molecular complexity index is 357. The third-order valence-corrected chi connectivity index (χ3v) is 5.65. The van der Waals surface area contributed by atoms with Crippen LogP contribution in [0.3, 0.4) is 0 Å². The molecule has 1 unspecified atom stereocenters. The standard InChI is InChI=1S/C13H20OSi/c1-9-8-10-6-5-7-11(10)13(12(9)14)15(2,3)4/h10H,1,5-8H2,2-4H3. The largest absolute Gasteiger partial charge is 0.290 e. The second-order valence-corrected chi connectivity index (χ2v) is 10.9. The van der Waals surface area contributed by atoms with Crippen molar-refractivity contribution < 1.29 is 4.79 Å². The molecule has 82 valence electrons. The van der Waals surface area contributed by atoms with Crippen molar-refractivity contribution in [1.29, 1.82) is 0 Å². The van der Waals surface area contributed by atoms with Gasteiger partial charge in [0.25, 0.3) is 0 Å². The van der Waals surface area contributed by atoms with E-state index < -0.39 is 8.07 Å². The van der Waals surface area contributed by atoms with E-state index in [9.17, 15) is 4.79 Å². The van der Waals surface area contributed by atoms with Crippen molar-refractivity contribution in [3.63, 3.8) is 0 Å². The Labute approximate surface area is 93.3 Å². The van der Waals surface area contributed by atoms with Gasteiger partial charge >= 0.3 is 0 Å². The van der Waals surface area contributed by atoms with E-state index in [-0.39, 0.29) is 0 Å². The van der Waals surface area contributed by atoms with E-state index in [0.29, 0.717) is 11.7 Å². The maximum atomic E-state index is 12.2. The van der Waals surface area contributed by atoms with Gasteiger partial charge in [0.2, 0.25) is 0 Å². The molecule has 2 heteroatoms. The minimum Gasteiger partial charge on any atom is -0.290 e. The molecular formula is C13H20OSi. The lowest BCUT2D eigenvalue weighted by atomic mass is 9.86. The topological polar surface area (TPSA) is 17.1 Å². The molecular weight excluding hydrogens is 200 g/mol. The van der Waals surface area contributed by atoms with E-state index in [2.05, 4.69) is 26.2 Å². The summed E-state index contributed by atoms with van der Waals surface area (Å²) < 4.78 is 0. The van der Waals surface area contributed by atoms with Crippen LogP contribution in [0.2, 0.25) is 19.6 Å². The molecule has 0 bridgehead atoms. The maximum absolute atomic E-state index is 12.2. The van der Waals surface area contributed by atoms with E-state index in [1.165, 1.54) is 30.0 Å².